The Morgan fingerprint density at radius 2 is 0.725 bits per heavy atom. The number of furan rings is 1. The summed E-state index contributed by atoms with van der Waals surface area (Å²) >= 11 is 0. The number of phenolic OH excluding ortho intramolecular Hbond substituents is 14. The maximum Gasteiger partial charge on any atom is 0.205 e. The first-order valence-electron chi connectivity index (χ1n) is 14.7. The zero-order valence-electron chi connectivity index (χ0n) is 25.3. The van der Waals surface area contributed by atoms with Crippen LogP contribution in [0.1, 0.15) is 0 Å². The molecule has 15 heteroatoms. The van der Waals surface area contributed by atoms with E-state index in [1.165, 1.54) is 6.07 Å². The first-order chi connectivity index (χ1) is 24.2. The fourth-order valence-corrected chi connectivity index (χ4v) is 6.85. The summed E-state index contributed by atoms with van der Waals surface area (Å²) < 4.78 is 6.15. The first-order valence-corrected chi connectivity index (χ1v) is 14.7. The highest BCUT2D eigenvalue weighted by molar-refractivity contribution is 6.31. The van der Waals surface area contributed by atoms with E-state index in [1.807, 2.05) is 0 Å². The van der Waals surface area contributed by atoms with Crippen LogP contribution in [-0.2, 0) is 0 Å². The van der Waals surface area contributed by atoms with Crippen molar-refractivity contribution < 1.29 is 75.9 Å². The van der Waals surface area contributed by atoms with E-state index in [9.17, 15) is 71.5 Å². The van der Waals surface area contributed by atoms with Gasteiger partial charge >= 0.3 is 0 Å². The van der Waals surface area contributed by atoms with E-state index in [2.05, 4.69) is 0 Å². The fraction of sp³-hybridized carbons (Fsp3) is 0. The first kappa shape index (κ1) is 30.6. The van der Waals surface area contributed by atoms with Crippen molar-refractivity contribution in [2.75, 3.05) is 0 Å². The minimum Gasteiger partial charge on any atom is -0.504 e. The van der Waals surface area contributed by atoms with Gasteiger partial charge in [0.05, 0.1) is 5.39 Å². The van der Waals surface area contributed by atoms with Crippen LogP contribution in [0.25, 0.3) is 76.5 Å². The monoisotopic (exact) mass is 694 g/mol. The topological polar surface area (TPSA) is 296 Å². The lowest BCUT2D eigenvalue weighted by molar-refractivity contribution is 0.349. The molecule has 8 aromatic rings. The smallest absolute Gasteiger partial charge is 0.205 e. The largest absolute Gasteiger partial charge is 0.504 e. The molecule has 0 atom stereocenters. The zero-order chi connectivity index (χ0) is 36.5. The third kappa shape index (κ3) is 3.65. The van der Waals surface area contributed by atoms with Crippen LogP contribution in [0.4, 0.5) is 0 Å². The van der Waals surface area contributed by atoms with Gasteiger partial charge in [-0.2, -0.15) is 0 Å². The summed E-state index contributed by atoms with van der Waals surface area (Å²) in [4.78, 5) is 0. The molecule has 1 heterocycles. The Hall–Kier alpha value is -7.68. The number of hydrogen-bond acceptors (Lipinski definition) is 15. The minimum absolute atomic E-state index is 0.00151. The van der Waals surface area contributed by atoms with Crippen LogP contribution >= 0.6 is 0 Å². The Bertz CT molecular complexity index is 2830. The Balaban J connectivity index is 1.72. The normalized spacial score (nSPS) is 11.8. The minimum atomic E-state index is -1.33. The average molecular weight is 695 g/mol. The van der Waals surface area contributed by atoms with Gasteiger partial charge in [-0.3, -0.25) is 0 Å². The van der Waals surface area contributed by atoms with E-state index in [0.717, 1.165) is 6.07 Å². The Morgan fingerprint density at radius 1 is 0.314 bits per heavy atom. The molecule has 0 amide bonds. The third-order valence-corrected chi connectivity index (χ3v) is 9.18. The number of rotatable bonds is 2. The summed E-state index contributed by atoms with van der Waals surface area (Å²) in [6, 6.07) is 12.3. The lowest BCUT2D eigenvalue weighted by Gasteiger charge is -2.23. The molecule has 51 heavy (non-hydrogen) atoms. The van der Waals surface area contributed by atoms with E-state index in [-0.39, 0.29) is 16.7 Å². The molecular formula is C36H22O15. The van der Waals surface area contributed by atoms with Crippen LogP contribution in [0.15, 0.2) is 52.9 Å². The molecule has 8 rings (SSSR count). The molecular weight excluding hydrogens is 672 g/mol. The second-order valence-corrected chi connectivity index (χ2v) is 11.8. The fourth-order valence-electron chi connectivity index (χ4n) is 6.85. The van der Waals surface area contributed by atoms with Crippen LogP contribution in [0.3, 0.4) is 0 Å². The molecule has 0 saturated carbocycles. The van der Waals surface area contributed by atoms with E-state index in [1.54, 1.807) is 36.4 Å². The zero-order valence-corrected chi connectivity index (χ0v) is 25.3. The van der Waals surface area contributed by atoms with Gasteiger partial charge in [0.15, 0.2) is 46.0 Å². The molecule has 7 aromatic carbocycles. The van der Waals surface area contributed by atoms with Gasteiger partial charge in [-0.1, -0.05) is 36.4 Å². The maximum absolute atomic E-state index is 11.5. The molecule has 0 aliphatic carbocycles. The molecule has 15 nitrogen and oxygen atoms in total. The van der Waals surface area contributed by atoms with Gasteiger partial charge in [0.25, 0.3) is 0 Å². The van der Waals surface area contributed by atoms with Gasteiger partial charge in [0.1, 0.15) is 11.2 Å². The van der Waals surface area contributed by atoms with Crippen LogP contribution in [0.2, 0.25) is 0 Å². The van der Waals surface area contributed by atoms with E-state index in [4.69, 9.17) is 4.42 Å². The molecule has 0 unspecified atom stereocenters. The summed E-state index contributed by atoms with van der Waals surface area (Å²) in [6.45, 7) is 0. The van der Waals surface area contributed by atoms with Crippen LogP contribution < -0.4 is 0 Å². The predicted molar refractivity (Wildman–Crippen MR) is 180 cm³/mol. The molecule has 256 valence electrons. The van der Waals surface area contributed by atoms with E-state index >= 15 is 0 Å². The predicted octanol–water partition coefficient (Wildman–Crippen LogP) is 6.26. The Morgan fingerprint density at radius 3 is 1.25 bits per heavy atom. The van der Waals surface area contributed by atoms with Crippen LogP contribution in [-0.4, -0.2) is 71.5 Å². The lowest BCUT2D eigenvalue weighted by Crippen LogP contribution is -1.95. The number of benzene rings is 7. The molecule has 0 bridgehead atoms. The van der Waals surface area contributed by atoms with Crippen molar-refractivity contribution in [1.82, 2.24) is 0 Å². The molecule has 14 N–H and O–H groups in total. The van der Waals surface area contributed by atoms with Crippen molar-refractivity contribution in [1.29, 1.82) is 0 Å². The Labute approximate surface area is 281 Å². The molecule has 0 radical (unpaired) electrons. The summed E-state index contributed by atoms with van der Waals surface area (Å²) in [5.74, 6) is -17.3. The maximum atomic E-state index is 11.5. The summed E-state index contributed by atoms with van der Waals surface area (Å²) in [6.07, 6.45) is 0. The molecule has 1 aromatic heterocycles. The highest BCUT2D eigenvalue weighted by atomic mass is 16.4. The molecule has 0 saturated heterocycles. The quantitative estimate of drug-likeness (QED) is 0.0540. The standard InChI is InChI=1S/C36H22O15/c37-22-12(8-13-17(24(22)39)25(40)31(46)30(45)23(13)38)16-20-18(26(41)32(47)34(49)28(20)43)15(19-21(16)29(44)35(50)33(48)27(19)42)11-6-3-5-10-9-4-1-2-7-14(9)51-36(10)11/h1-8,37-50H. The number of phenols is 14. The highest BCUT2D eigenvalue weighted by Gasteiger charge is 2.35. The van der Waals surface area contributed by atoms with Crippen molar-refractivity contribution in [3.8, 4) is 103 Å². The third-order valence-electron chi connectivity index (χ3n) is 9.18. The van der Waals surface area contributed by atoms with Crippen molar-refractivity contribution >= 4 is 54.3 Å². The van der Waals surface area contributed by atoms with Crippen molar-refractivity contribution in [2.24, 2.45) is 0 Å². The average Bonchev–Trinajstić information content (AvgIpc) is 3.51. The Kier molecular flexibility index (Phi) is 5.96. The summed E-state index contributed by atoms with van der Waals surface area (Å²) in [5, 5.41) is 150. The number of hydrogen-bond donors (Lipinski definition) is 14. The second-order valence-electron chi connectivity index (χ2n) is 11.8. The van der Waals surface area contributed by atoms with Crippen LogP contribution in [0.5, 0.6) is 80.5 Å². The SMILES string of the molecule is Oc1c(O)c(O)c2c(O)c(O)c(-c3c4c(O)c(O)c(O)c(O)c4c(-c4cccc5c4oc4ccccc45)c4c(O)c(O)c(O)c(O)c34)cc2c1O. The molecule has 0 fully saturated rings. The van der Waals surface area contributed by atoms with Gasteiger partial charge in [-0.05, 0) is 12.1 Å². The number of fused-ring (bicyclic) bond motifs is 6. The summed E-state index contributed by atoms with van der Waals surface area (Å²) in [7, 11) is 0. The molecule has 0 aliphatic rings. The van der Waals surface area contributed by atoms with Crippen molar-refractivity contribution in [3.63, 3.8) is 0 Å². The van der Waals surface area contributed by atoms with Gasteiger partial charge in [0.2, 0.25) is 34.5 Å². The van der Waals surface area contributed by atoms with Gasteiger partial charge in [0, 0.05) is 60.0 Å². The summed E-state index contributed by atoms with van der Waals surface area (Å²) in [5.41, 5.74) is -1.35. The second kappa shape index (κ2) is 9.93. The number of aromatic hydroxyl groups is 14. The lowest BCUT2D eigenvalue weighted by atomic mass is 9.82. The van der Waals surface area contributed by atoms with E-state index in [0.29, 0.717) is 16.4 Å². The molecule has 0 aliphatic heterocycles. The highest BCUT2D eigenvalue weighted by Crippen LogP contribution is 2.64. The van der Waals surface area contributed by atoms with Crippen molar-refractivity contribution in [2.45, 2.75) is 0 Å². The molecule has 0 spiro atoms. The van der Waals surface area contributed by atoms with E-state index < -0.39 is 124 Å². The van der Waals surface area contributed by atoms with Gasteiger partial charge < -0.3 is 75.9 Å². The van der Waals surface area contributed by atoms with Gasteiger partial charge in [-0.25, -0.2) is 0 Å². The van der Waals surface area contributed by atoms with Crippen molar-refractivity contribution in [3.05, 3.63) is 48.5 Å². The van der Waals surface area contributed by atoms with Gasteiger partial charge in [-0.15, -0.1) is 0 Å². The van der Waals surface area contributed by atoms with Crippen LogP contribution in [0, 0.1) is 0 Å². The number of para-hydroxylation sites is 2.